The van der Waals surface area contributed by atoms with Gasteiger partial charge in [0, 0.05) is 18.2 Å². The lowest BCUT2D eigenvalue weighted by Gasteiger charge is -2.08. The van der Waals surface area contributed by atoms with Gasteiger partial charge in [0.05, 0.1) is 4.88 Å². The van der Waals surface area contributed by atoms with E-state index in [2.05, 4.69) is 22.8 Å². The molecule has 18 heavy (non-hydrogen) atoms. The number of amides is 1. The fraction of sp³-hybridized carbons (Fsp3) is 0.364. The summed E-state index contributed by atoms with van der Waals surface area (Å²) in [5.74, 6) is 0.445. The predicted molar refractivity (Wildman–Crippen MR) is 72.1 cm³/mol. The molecule has 94 valence electrons. The smallest absolute Gasteiger partial charge is 0.325 e. The maximum absolute atomic E-state index is 11.7. The maximum atomic E-state index is 11.7. The van der Waals surface area contributed by atoms with Gasteiger partial charge in [-0.05, 0) is 23.9 Å². The first-order chi connectivity index (χ1) is 8.65. The van der Waals surface area contributed by atoms with Crippen LogP contribution in [0.15, 0.2) is 15.9 Å². The fourth-order valence-electron chi connectivity index (χ4n) is 1.88. The van der Waals surface area contributed by atoms with E-state index < -0.39 is 0 Å². The monoisotopic (exact) mass is 281 g/mol. The Hall–Kier alpha value is -1.34. The summed E-state index contributed by atoms with van der Waals surface area (Å²) in [6, 6.07) is 2.26. The van der Waals surface area contributed by atoms with Crippen molar-refractivity contribution in [2.45, 2.75) is 18.6 Å². The number of hydrogen-bond donors (Lipinski definition) is 1. The molecule has 0 aromatic carbocycles. The number of hydrogen-bond acceptors (Lipinski definition) is 6. The third-order valence-electron chi connectivity index (χ3n) is 2.81. The van der Waals surface area contributed by atoms with E-state index in [4.69, 9.17) is 4.42 Å². The third-order valence-corrected chi connectivity index (χ3v) is 4.16. The van der Waals surface area contributed by atoms with Crippen molar-refractivity contribution in [1.29, 1.82) is 0 Å². The molecule has 0 radical (unpaired) electrons. The van der Waals surface area contributed by atoms with Gasteiger partial charge in [0.2, 0.25) is 5.91 Å². The van der Waals surface area contributed by atoms with Gasteiger partial charge in [-0.15, -0.1) is 16.4 Å². The second-order valence-electron chi connectivity index (χ2n) is 4.18. The molecule has 2 aromatic heterocycles. The normalized spacial score (nSPS) is 19.8. The molecule has 1 aliphatic heterocycles. The topological polar surface area (TPSA) is 59.2 Å². The number of rotatable bonds is 2. The van der Waals surface area contributed by atoms with E-state index in [1.807, 2.05) is 18.4 Å². The Morgan fingerprint density at radius 2 is 2.39 bits per heavy atom. The Labute approximate surface area is 113 Å². The summed E-state index contributed by atoms with van der Waals surface area (Å²) < 4.78 is 5.57. The van der Waals surface area contributed by atoms with Crippen LogP contribution in [0.1, 0.15) is 12.0 Å². The SMILES string of the molecule is Cc1ccsc1-c1nnc(N2CC(S)CC2=O)o1. The molecule has 0 bridgehead atoms. The first-order valence-electron chi connectivity index (χ1n) is 5.51. The molecule has 0 aliphatic carbocycles. The van der Waals surface area contributed by atoms with Crippen molar-refractivity contribution in [3.63, 3.8) is 0 Å². The summed E-state index contributed by atoms with van der Waals surface area (Å²) in [4.78, 5) is 14.1. The molecule has 0 saturated carbocycles. The van der Waals surface area contributed by atoms with E-state index in [1.54, 1.807) is 11.3 Å². The van der Waals surface area contributed by atoms with Gasteiger partial charge in [0.15, 0.2) is 0 Å². The van der Waals surface area contributed by atoms with Crippen LogP contribution in [0.2, 0.25) is 0 Å². The summed E-state index contributed by atoms with van der Waals surface area (Å²) >= 11 is 5.84. The van der Waals surface area contributed by atoms with Gasteiger partial charge in [0.1, 0.15) is 0 Å². The number of thiophene rings is 1. The molecule has 2 aromatic rings. The van der Waals surface area contributed by atoms with E-state index in [-0.39, 0.29) is 17.2 Å². The number of aryl methyl sites for hydroxylation is 1. The molecule has 5 nitrogen and oxygen atoms in total. The molecule has 7 heteroatoms. The van der Waals surface area contributed by atoms with Gasteiger partial charge in [-0.3, -0.25) is 9.69 Å². The van der Waals surface area contributed by atoms with Crippen molar-refractivity contribution in [1.82, 2.24) is 10.2 Å². The third kappa shape index (κ3) is 1.93. The van der Waals surface area contributed by atoms with Crippen molar-refractivity contribution in [2.24, 2.45) is 0 Å². The average molecular weight is 281 g/mol. The van der Waals surface area contributed by atoms with Gasteiger partial charge in [-0.1, -0.05) is 5.10 Å². The Morgan fingerprint density at radius 1 is 1.56 bits per heavy atom. The minimum Gasteiger partial charge on any atom is -0.402 e. The summed E-state index contributed by atoms with van der Waals surface area (Å²) in [5.41, 5.74) is 1.09. The molecule has 3 rings (SSSR count). The van der Waals surface area contributed by atoms with Gasteiger partial charge in [0.25, 0.3) is 5.89 Å². The second-order valence-corrected chi connectivity index (χ2v) is 5.83. The number of carbonyl (C=O) groups excluding carboxylic acids is 1. The quantitative estimate of drug-likeness (QED) is 0.857. The minimum atomic E-state index is -0.0203. The van der Waals surface area contributed by atoms with Crippen molar-refractivity contribution in [3.8, 4) is 10.8 Å². The van der Waals surface area contributed by atoms with E-state index in [0.717, 1.165) is 10.4 Å². The first kappa shape index (κ1) is 11.7. The standard InChI is InChI=1S/C11H11N3O2S2/c1-6-2-3-18-9(6)10-12-13-11(16-10)14-5-7(17)4-8(14)15/h2-3,7,17H,4-5H2,1H3. The molecule has 1 unspecified atom stereocenters. The predicted octanol–water partition coefficient (Wildman–Crippen LogP) is 2.14. The van der Waals surface area contributed by atoms with Gasteiger partial charge < -0.3 is 4.42 Å². The van der Waals surface area contributed by atoms with Crippen LogP contribution in [0.25, 0.3) is 10.8 Å². The number of nitrogens with zero attached hydrogens (tertiary/aromatic N) is 3. The van der Waals surface area contributed by atoms with E-state index >= 15 is 0 Å². The lowest BCUT2D eigenvalue weighted by Crippen LogP contribution is -2.24. The van der Waals surface area contributed by atoms with E-state index in [0.29, 0.717) is 18.9 Å². The van der Waals surface area contributed by atoms with Crippen LogP contribution < -0.4 is 4.90 Å². The van der Waals surface area contributed by atoms with Crippen LogP contribution in [-0.4, -0.2) is 27.9 Å². The highest BCUT2D eigenvalue weighted by atomic mass is 32.1. The largest absolute Gasteiger partial charge is 0.402 e. The van der Waals surface area contributed by atoms with Crippen molar-refractivity contribution >= 4 is 35.9 Å². The van der Waals surface area contributed by atoms with Crippen LogP contribution >= 0.6 is 24.0 Å². The van der Waals surface area contributed by atoms with Crippen LogP contribution in [0.4, 0.5) is 6.01 Å². The Balaban J connectivity index is 1.91. The van der Waals surface area contributed by atoms with Crippen LogP contribution in [-0.2, 0) is 4.79 Å². The Morgan fingerprint density at radius 3 is 3.00 bits per heavy atom. The molecular weight excluding hydrogens is 270 g/mol. The number of aromatic nitrogens is 2. The highest BCUT2D eigenvalue weighted by Crippen LogP contribution is 2.31. The molecule has 1 fully saturated rings. The van der Waals surface area contributed by atoms with Gasteiger partial charge in [-0.2, -0.15) is 12.6 Å². The van der Waals surface area contributed by atoms with Gasteiger partial charge >= 0.3 is 6.01 Å². The molecular formula is C11H11N3O2S2. The second kappa shape index (κ2) is 4.40. The zero-order chi connectivity index (χ0) is 12.7. The molecule has 0 spiro atoms. The van der Waals surface area contributed by atoms with Crippen molar-refractivity contribution in [3.05, 3.63) is 17.0 Å². The lowest BCUT2D eigenvalue weighted by atomic mass is 10.3. The molecule has 1 atom stereocenters. The van der Waals surface area contributed by atoms with Crippen LogP contribution in [0, 0.1) is 6.92 Å². The molecule has 1 amide bonds. The van der Waals surface area contributed by atoms with Crippen molar-refractivity contribution in [2.75, 3.05) is 11.4 Å². The van der Waals surface area contributed by atoms with Crippen LogP contribution in [0.5, 0.6) is 0 Å². The summed E-state index contributed by atoms with van der Waals surface area (Å²) in [6.45, 7) is 2.51. The fourth-order valence-corrected chi connectivity index (χ4v) is 3.05. The summed E-state index contributed by atoms with van der Waals surface area (Å²) in [6.07, 6.45) is 0.416. The number of carbonyl (C=O) groups is 1. The minimum absolute atomic E-state index is 0.0203. The molecule has 3 heterocycles. The van der Waals surface area contributed by atoms with Gasteiger partial charge in [-0.25, -0.2) is 0 Å². The average Bonchev–Trinajstić information content (AvgIpc) is 2.98. The maximum Gasteiger partial charge on any atom is 0.325 e. The number of thiol groups is 1. The Bertz CT molecular complexity index is 593. The summed E-state index contributed by atoms with van der Waals surface area (Å²) in [7, 11) is 0. The van der Waals surface area contributed by atoms with Crippen molar-refractivity contribution < 1.29 is 9.21 Å². The Kier molecular flexibility index (Phi) is 2.87. The zero-order valence-corrected chi connectivity index (χ0v) is 11.4. The summed E-state index contributed by atoms with van der Waals surface area (Å²) in [5, 5.41) is 9.95. The highest BCUT2D eigenvalue weighted by Gasteiger charge is 2.32. The zero-order valence-electron chi connectivity index (χ0n) is 9.66. The first-order valence-corrected chi connectivity index (χ1v) is 6.91. The van der Waals surface area contributed by atoms with Crippen LogP contribution in [0.3, 0.4) is 0 Å². The molecule has 0 N–H and O–H groups in total. The van der Waals surface area contributed by atoms with E-state index in [1.165, 1.54) is 4.90 Å². The van der Waals surface area contributed by atoms with E-state index in [9.17, 15) is 4.79 Å². The molecule has 1 saturated heterocycles. The highest BCUT2D eigenvalue weighted by molar-refractivity contribution is 7.81. The number of anilines is 1. The molecule has 1 aliphatic rings. The lowest BCUT2D eigenvalue weighted by molar-refractivity contribution is -0.117.